The number of pyridine rings is 1. The Bertz CT molecular complexity index is 1170. The molecule has 2 N–H and O–H groups in total. The summed E-state index contributed by atoms with van der Waals surface area (Å²) in [5, 5.41) is 5.16. The minimum atomic E-state index is -3.29. The Morgan fingerprint density at radius 3 is 2.54 bits per heavy atom. The van der Waals surface area contributed by atoms with Crippen LogP contribution in [0.5, 0.6) is 11.5 Å². The molecule has 1 aromatic heterocycles. The van der Waals surface area contributed by atoms with Crippen LogP contribution in [-0.2, 0) is 10.0 Å². The molecule has 3 aromatic rings. The van der Waals surface area contributed by atoms with E-state index in [0.29, 0.717) is 17.2 Å². The summed E-state index contributed by atoms with van der Waals surface area (Å²) in [6.07, 6.45) is 2.76. The van der Waals surface area contributed by atoms with Gasteiger partial charge in [-0.15, -0.1) is 0 Å². The first-order valence-corrected chi connectivity index (χ1v) is 10.3. The summed E-state index contributed by atoms with van der Waals surface area (Å²) in [6.45, 7) is 2.11. The number of sulfonamides is 1. The molecule has 9 heteroatoms. The van der Waals surface area contributed by atoms with E-state index >= 15 is 0 Å². The summed E-state index contributed by atoms with van der Waals surface area (Å²) < 4.78 is 35.8. The lowest BCUT2D eigenvalue weighted by molar-refractivity contribution is 0.174. The zero-order valence-electron chi connectivity index (χ0n) is 15.3. The van der Waals surface area contributed by atoms with Crippen molar-refractivity contribution in [2.45, 2.75) is 6.92 Å². The van der Waals surface area contributed by atoms with Crippen LogP contribution >= 0.6 is 0 Å². The van der Waals surface area contributed by atoms with Gasteiger partial charge in [-0.25, -0.2) is 8.42 Å². The predicted octanol–water partition coefficient (Wildman–Crippen LogP) is 3.09. The molecule has 2 aromatic carbocycles. The maximum atomic E-state index is 11.3. The molecule has 8 nitrogen and oxygen atoms in total. The molecule has 1 aliphatic rings. The number of rotatable bonds is 5. The molecule has 0 aliphatic carbocycles. The number of ether oxygens (including phenoxy) is 2. The number of aryl methyl sites for hydroxylation is 1. The average molecular weight is 398 g/mol. The quantitative estimate of drug-likeness (QED) is 0.506. The summed E-state index contributed by atoms with van der Waals surface area (Å²) in [6, 6.07) is 12.5. The third kappa shape index (κ3) is 3.99. The molecule has 0 amide bonds. The number of fused-ring (bicyclic) bond motifs is 2. The van der Waals surface area contributed by atoms with Crippen molar-refractivity contribution in [3.8, 4) is 11.5 Å². The van der Waals surface area contributed by atoms with Crippen LogP contribution in [0.4, 0.5) is 11.4 Å². The van der Waals surface area contributed by atoms with Crippen LogP contribution in [0.15, 0.2) is 47.6 Å². The number of hydrogen-bond donors (Lipinski definition) is 2. The van der Waals surface area contributed by atoms with Gasteiger partial charge in [-0.2, -0.15) is 5.10 Å². The van der Waals surface area contributed by atoms with Gasteiger partial charge in [0.2, 0.25) is 16.8 Å². The number of nitrogens with zero attached hydrogens (tertiary/aromatic N) is 2. The topological polar surface area (TPSA) is 102 Å². The normalized spacial score (nSPS) is 13.2. The molecule has 0 bridgehead atoms. The Morgan fingerprint density at radius 1 is 1.11 bits per heavy atom. The average Bonchev–Trinajstić information content (AvgIpc) is 3.07. The van der Waals surface area contributed by atoms with Crippen molar-refractivity contribution in [1.82, 2.24) is 4.98 Å². The molecule has 0 saturated carbocycles. The Balaban J connectivity index is 1.55. The molecule has 0 spiro atoms. The molecule has 0 unspecified atom stereocenters. The third-order valence-electron chi connectivity index (χ3n) is 4.04. The van der Waals surface area contributed by atoms with Crippen LogP contribution in [0.3, 0.4) is 0 Å². The molecule has 1 aliphatic heterocycles. The van der Waals surface area contributed by atoms with Gasteiger partial charge in [0.05, 0.1) is 23.7 Å². The minimum Gasteiger partial charge on any atom is -0.454 e. The highest BCUT2D eigenvalue weighted by atomic mass is 32.2. The lowest BCUT2D eigenvalue weighted by atomic mass is 10.1. The van der Waals surface area contributed by atoms with Gasteiger partial charge >= 0.3 is 0 Å². The van der Waals surface area contributed by atoms with Crippen molar-refractivity contribution in [3.63, 3.8) is 0 Å². The van der Waals surface area contributed by atoms with E-state index in [4.69, 9.17) is 9.47 Å². The third-order valence-corrected chi connectivity index (χ3v) is 4.65. The van der Waals surface area contributed by atoms with Crippen LogP contribution in [0.2, 0.25) is 0 Å². The second-order valence-electron chi connectivity index (χ2n) is 6.40. The number of nitrogens with one attached hydrogen (secondary N) is 2. The van der Waals surface area contributed by atoms with E-state index in [2.05, 4.69) is 20.2 Å². The Labute approximate surface area is 162 Å². The monoisotopic (exact) mass is 398 g/mol. The molecular weight excluding hydrogens is 380 g/mol. The SMILES string of the molecule is Cc1cc(N/N=C/c2ccc(NS(C)(=O)=O)cc2)c2cc3c(cc2n1)OCO3. The molecule has 28 heavy (non-hydrogen) atoms. The fraction of sp³-hybridized carbons (Fsp3) is 0.158. The van der Waals surface area contributed by atoms with E-state index < -0.39 is 10.0 Å². The largest absolute Gasteiger partial charge is 0.454 e. The first-order chi connectivity index (χ1) is 13.4. The zero-order chi connectivity index (χ0) is 19.7. The van der Waals surface area contributed by atoms with Crippen molar-refractivity contribution in [2.24, 2.45) is 5.10 Å². The fourth-order valence-electron chi connectivity index (χ4n) is 2.87. The van der Waals surface area contributed by atoms with E-state index in [1.165, 1.54) is 0 Å². The molecule has 0 saturated heterocycles. The van der Waals surface area contributed by atoms with E-state index in [-0.39, 0.29) is 6.79 Å². The zero-order valence-corrected chi connectivity index (χ0v) is 16.1. The van der Waals surface area contributed by atoms with E-state index in [0.717, 1.165) is 34.1 Å². The van der Waals surface area contributed by atoms with Crippen molar-refractivity contribution in [2.75, 3.05) is 23.2 Å². The van der Waals surface area contributed by atoms with E-state index in [1.54, 1.807) is 30.5 Å². The Hall–Kier alpha value is -3.33. The first-order valence-electron chi connectivity index (χ1n) is 8.45. The smallest absolute Gasteiger partial charge is 0.231 e. The summed E-state index contributed by atoms with van der Waals surface area (Å²) in [4.78, 5) is 4.54. The van der Waals surface area contributed by atoms with Crippen LogP contribution in [0.1, 0.15) is 11.3 Å². The second kappa shape index (κ2) is 7.01. The summed E-state index contributed by atoms with van der Waals surface area (Å²) in [5.74, 6) is 1.36. The molecule has 144 valence electrons. The lowest BCUT2D eigenvalue weighted by Crippen LogP contribution is -2.09. The Kier molecular flexibility index (Phi) is 4.52. The van der Waals surface area contributed by atoms with Crippen molar-refractivity contribution >= 4 is 38.5 Å². The molecule has 2 heterocycles. The van der Waals surface area contributed by atoms with Gasteiger partial charge in [0.25, 0.3) is 0 Å². The van der Waals surface area contributed by atoms with Crippen LogP contribution < -0.4 is 19.6 Å². The summed E-state index contributed by atoms with van der Waals surface area (Å²) in [7, 11) is -3.29. The molecule has 0 fully saturated rings. The number of aromatic nitrogens is 1. The van der Waals surface area contributed by atoms with Crippen molar-refractivity contribution in [3.05, 3.63) is 53.7 Å². The standard InChI is InChI=1S/C19H18N4O4S/c1-12-7-17(15-8-18-19(27-11-26-18)9-16(15)21-12)22-20-10-13-3-5-14(6-4-13)23-28(2,24)25/h3-10,23H,11H2,1-2H3,(H,21,22)/b20-10+. The molecule has 4 rings (SSSR count). The van der Waals surface area contributed by atoms with Crippen LogP contribution in [-0.4, -0.2) is 32.7 Å². The first kappa shape index (κ1) is 18.1. The van der Waals surface area contributed by atoms with Gasteiger partial charge in [0.1, 0.15) is 0 Å². The van der Waals surface area contributed by atoms with Gasteiger partial charge in [0.15, 0.2) is 11.5 Å². The maximum absolute atomic E-state index is 11.3. The number of benzene rings is 2. The highest BCUT2D eigenvalue weighted by molar-refractivity contribution is 7.92. The second-order valence-corrected chi connectivity index (χ2v) is 8.15. The summed E-state index contributed by atoms with van der Waals surface area (Å²) in [5.41, 5.74) is 6.80. The van der Waals surface area contributed by atoms with Gasteiger partial charge in [-0.05, 0) is 36.8 Å². The highest BCUT2D eigenvalue weighted by Crippen LogP contribution is 2.38. The molecule has 0 atom stereocenters. The van der Waals surface area contributed by atoms with E-state index in [9.17, 15) is 8.42 Å². The van der Waals surface area contributed by atoms with Crippen LogP contribution in [0.25, 0.3) is 10.9 Å². The van der Waals surface area contributed by atoms with Gasteiger partial charge < -0.3 is 9.47 Å². The number of hydrazone groups is 1. The molecular formula is C19H18N4O4S. The summed E-state index contributed by atoms with van der Waals surface area (Å²) >= 11 is 0. The predicted molar refractivity (Wildman–Crippen MR) is 109 cm³/mol. The van der Waals surface area contributed by atoms with Gasteiger partial charge in [0, 0.05) is 22.8 Å². The van der Waals surface area contributed by atoms with Gasteiger partial charge in [-0.3, -0.25) is 15.1 Å². The van der Waals surface area contributed by atoms with E-state index in [1.807, 2.05) is 25.1 Å². The van der Waals surface area contributed by atoms with Gasteiger partial charge in [-0.1, -0.05) is 12.1 Å². The maximum Gasteiger partial charge on any atom is 0.231 e. The van der Waals surface area contributed by atoms with Crippen molar-refractivity contribution < 1.29 is 17.9 Å². The highest BCUT2D eigenvalue weighted by Gasteiger charge is 2.16. The number of anilines is 2. The lowest BCUT2D eigenvalue weighted by Gasteiger charge is -2.08. The Morgan fingerprint density at radius 2 is 1.82 bits per heavy atom. The fourth-order valence-corrected chi connectivity index (χ4v) is 3.43. The van der Waals surface area contributed by atoms with Crippen molar-refractivity contribution in [1.29, 1.82) is 0 Å². The van der Waals surface area contributed by atoms with Crippen LogP contribution in [0, 0.1) is 6.92 Å². The number of hydrogen-bond acceptors (Lipinski definition) is 7. The minimum absolute atomic E-state index is 0.204. The molecule has 0 radical (unpaired) electrons.